The van der Waals surface area contributed by atoms with E-state index in [4.69, 9.17) is 9.47 Å². The maximum atomic E-state index is 13.9. The molecule has 1 aliphatic rings. The van der Waals surface area contributed by atoms with E-state index in [1.165, 1.54) is 18.5 Å². The van der Waals surface area contributed by atoms with Gasteiger partial charge < -0.3 is 14.8 Å². The molecule has 4 rings (SSSR count). The van der Waals surface area contributed by atoms with E-state index in [1.54, 1.807) is 18.4 Å². The number of aryl methyl sites for hydroxylation is 1. The summed E-state index contributed by atoms with van der Waals surface area (Å²) in [5.74, 6) is 0.589. The van der Waals surface area contributed by atoms with E-state index in [0.717, 1.165) is 17.4 Å². The number of nitrogens with one attached hydrogen (secondary N) is 1. The highest BCUT2D eigenvalue weighted by Crippen LogP contribution is 2.34. The van der Waals surface area contributed by atoms with E-state index in [-0.39, 0.29) is 17.2 Å². The number of aromatic nitrogens is 2. The number of benzene rings is 2. The zero-order valence-electron chi connectivity index (χ0n) is 18.6. The summed E-state index contributed by atoms with van der Waals surface area (Å²) < 4.78 is 42.5. The summed E-state index contributed by atoms with van der Waals surface area (Å²) in [4.78, 5) is 8.80. The van der Waals surface area contributed by atoms with Crippen molar-refractivity contribution in [3.8, 4) is 5.75 Å². The predicted octanol–water partition coefficient (Wildman–Crippen LogP) is 5.13. The van der Waals surface area contributed by atoms with Gasteiger partial charge in [-0.2, -0.15) is 4.36 Å². The van der Waals surface area contributed by atoms with Crippen molar-refractivity contribution < 1.29 is 18.1 Å². The van der Waals surface area contributed by atoms with Gasteiger partial charge in [0.15, 0.2) is 0 Å². The Kier molecular flexibility index (Phi) is 6.30. The van der Waals surface area contributed by atoms with Gasteiger partial charge in [-0.15, -0.1) is 0 Å². The van der Waals surface area contributed by atoms with Gasteiger partial charge in [-0.25, -0.2) is 18.6 Å². The third kappa shape index (κ3) is 4.83. The fourth-order valence-corrected chi connectivity index (χ4v) is 4.18. The van der Waals surface area contributed by atoms with Crippen molar-refractivity contribution in [2.24, 2.45) is 4.36 Å². The summed E-state index contributed by atoms with van der Waals surface area (Å²) in [6.45, 7) is 6.83. The quantitative estimate of drug-likeness (QED) is 0.551. The van der Waals surface area contributed by atoms with Gasteiger partial charge in [-0.05, 0) is 36.8 Å². The van der Waals surface area contributed by atoms with Crippen molar-refractivity contribution in [2.75, 3.05) is 24.8 Å². The second-order valence-electron chi connectivity index (χ2n) is 8.25. The van der Waals surface area contributed by atoms with Gasteiger partial charge in [0, 0.05) is 29.4 Å². The molecule has 0 amide bonds. The molecule has 9 heteroatoms. The Balaban J connectivity index is 1.73. The average molecular weight is 459 g/mol. The number of halogens is 1. The van der Waals surface area contributed by atoms with Crippen LogP contribution >= 0.6 is 0 Å². The first-order chi connectivity index (χ1) is 15.2. The van der Waals surface area contributed by atoms with Crippen LogP contribution in [-0.4, -0.2) is 45.0 Å². The number of nitrogens with zero attached hydrogens (tertiary/aromatic N) is 3. The molecule has 0 bridgehead atoms. The number of fused-ring (bicyclic) bond motifs is 1. The Hall–Kier alpha value is -2.78. The first-order valence-electron chi connectivity index (χ1n) is 10.5. The minimum Gasteiger partial charge on any atom is -0.486 e. The summed E-state index contributed by atoms with van der Waals surface area (Å²) in [7, 11) is -2.36. The average Bonchev–Trinajstić information content (AvgIpc) is 3.22. The Labute approximate surface area is 187 Å². The van der Waals surface area contributed by atoms with Gasteiger partial charge in [-0.1, -0.05) is 13.8 Å². The molecule has 0 radical (unpaired) electrons. The van der Waals surface area contributed by atoms with Crippen LogP contribution < -0.4 is 10.1 Å². The molecule has 0 aliphatic carbocycles. The van der Waals surface area contributed by atoms with Crippen LogP contribution in [0, 0.1) is 12.7 Å². The topological polar surface area (TPSA) is 85.7 Å². The lowest BCUT2D eigenvalue weighted by Gasteiger charge is -2.17. The molecule has 1 saturated heterocycles. The van der Waals surface area contributed by atoms with E-state index in [9.17, 15) is 8.60 Å². The third-order valence-electron chi connectivity index (χ3n) is 5.46. The highest BCUT2D eigenvalue weighted by molar-refractivity contribution is 7.93. The summed E-state index contributed by atoms with van der Waals surface area (Å²) in [5.41, 5.74) is 2.78. The monoisotopic (exact) mass is 458 g/mol. The van der Waals surface area contributed by atoms with Crippen LogP contribution in [0.3, 0.4) is 0 Å². The van der Waals surface area contributed by atoms with E-state index in [1.807, 2.05) is 26.8 Å². The van der Waals surface area contributed by atoms with E-state index >= 15 is 0 Å². The van der Waals surface area contributed by atoms with Crippen LogP contribution in [0.25, 0.3) is 10.9 Å². The normalized spacial score (nSPS) is 18.0. The van der Waals surface area contributed by atoms with Gasteiger partial charge >= 0.3 is 0 Å². The van der Waals surface area contributed by atoms with E-state index < -0.39 is 9.73 Å². The van der Waals surface area contributed by atoms with Crippen LogP contribution in [0.5, 0.6) is 5.75 Å². The van der Waals surface area contributed by atoms with Crippen molar-refractivity contribution >= 4 is 37.8 Å². The zero-order chi connectivity index (χ0) is 22.9. The molecular weight excluding hydrogens is 431 g/mol. The summed E-state index contributed by atoms with van der Waals surface area (Å²) in [6, 6.07) is 8.04. The lowest BCUT2D eigenvalue weighted by atomic mass is 10.1. The lowest BCUT2D eigenvalue weighted by molar-refractivity contribution is 0.141. The van der Waals surface area contributed by atoms with Crippen molar-refractivity contribution in [3.63, 3.8) is 0 Å². The van der Waals surface area contributed by atoms with Crippen molar-refractivity contribution in [2.45, 2.75) is 38.5 Å². The molecule has 1 aliphatic heterocycles. The van der Waals surface area contributed by atoms with Crippen LogP contribution in [0.4, 0.5) is 21.6 Å². The number of hydrogen-bond acceptors (Lipinski definition) is 7. The molecule has 1 fully saturated rings. The maximum absolute atomic E-state index is 13.9. The molecule has 0 spiro atoms. The fraction of sp³-hybridized carbons (Fsp3) is 0.391. The number of hydrogen-bond donors (Lipinski definition) is 1. The molecule has 2 heterocycles. The molecule has 3 aromatic rings. The van der Waals surface area contributed by atoms with Crippen molar-refractivity contribution in [3.05, 3.63) is 48.0 Å². The number of ether oxygens (including phenoxy) is 2. The SMILES string of the molecule is Cc1cc(N=S(C)(=O)C(C)C)cc2ncnc(Nc3ccc(F)cc3O[C@H]3CCOC3)c12. The molecule has 170 valence electrons. The van der Waals surface area contributed by atoms with E-state index in [0.29, 0.717) is 41.7 Å². The fourth-order valence-electron chi connectivity index (χ4n) is 3.45. The van der Waals surface area contributed by atoms with Gasteiger partial charge in [0.25, 0.3) is 0 Å². The van der Waals surface area contributed by atoms with Crippen LogP contribution in [0.15, 0.2) is 41.0 Å². The largest absolute Gasteiger partial charge is 0.486 e. The van der Waals surface area contributed by atoms with Crippen LogP contribution in [0.2, 0.25) is 0 Å². The van der Waals surface area contributed by atoms with Gasteiger partial charge in [0.1, 0.15) is 29.8 Å². The minimum atomic E-state index is -2.36. The van der Waals surface area contributed by atoms with Crippen molar-refractivity contribution in [1.82, 2.24) is 9.97 Å². The van der Waals surface area contributed by atoms with Gasteiger partial charge in [0.05, 0.1) is 39.8 Å². The highest BCUT2D eigenvalue weighted by Gasteiger charge is 2.20. The van der Waals surface area contributed by atoms with Crippen LogP contribution in [-0.2, 0) is 14.5 Å². The summed E-state index contributed by atoms with van der Waals surface area (Å²) >= 11 is 0. The zero-order valence-corrected chi connectivity index (χ0v) is 19.4. The molecule has 2 aromatic carbocycles. The third-order valence-corrected chi connectivity index (χ3v) is 7.78. The van der Waals surface area contributed by atoms with Crippen LogP contribution in [0.1, 0.15) is 25.8 Å². The standard InChI is InChI=1S/C23H27FN4O3S/c1-14(2)32(4,29)28-17-9-15(3)22-20(11-17)25-13-26-23(22)27-19-6-5-16(24)10-21(19)31-18-7-8-30-12-18/h5-6,9-11,13-14,18H,7-8,12H2,1-4H3,(H,25,26,27)/t18-,32?/m0/s1. The van der Waals surface area contributed by atoms with Gasteiger partial charge in [-0.3, -0.25) is 0 Å². The number of rotatable bonds is 6. The lowest BCUT2D eigenvalue weighted by Crippen LogP contribution is -2.16. The molecule has 7 nitrogen and oxygen atoms in total. The second-order valence-corrected chi connectivity index (χ2v) is 11.1. The summed E-state index contributed by atoms with van der Waals surface area (Å²) in [6.07, 6.45) is 3.76. The second kappa shape index (κ2) is 8.99. The molecule has 0 saturated carbocycles. The smallest absolute Gasteiger partial charge is 0.146 e. The Morgan fingerprint density at radius 1 is 1.28 bits per heavy atom. The molecule has 1 unspecified atom stereocenters. The molecular formula is C23H27FN4O3S. The predicted molar refractivity (Wildman–Crippen MR) is 125 cm³/mol. The molecule has 2 atom stereocenters. The highest BCUT2D eigenvalue weighted by atomic mass is 32.2. The maximum Gasteiger partial charge on any atom is 0.146 e. The summed E-state index contributed by atoms with van der Waals surface area (Å²) in [5, 5.41) is 4.01. The Morgan fingerprint density at radius 3 is 2.81 bits per heavy atom. The molecule has 1 aromatic heterocycles. The van der Waals surface area contributed by atoms with E-state index in [2.05, 4.69) is 19.6 Å². The Morgan fingerprint density at radius 2 is 2.09 bits per heavy atom. The molecule has 1 N–H and O–H groups in total. The molecule has 32 heavy (non-hydrogen) atoms. The minimum absolute atomic E-state index is 0.0664. The van der Waals surface area contributed by atoms with Gasteiger partial charge in [0.2, 0.25) is 0 Å². The van der Waals surface area contributed by atoms with Crippen molar-refractivity contribution in [1.29, 1.82) is 0 Å². The number of anilines is 2. The first kappa shape index (κ1) is 22.4. The Bertz CT molecular complexity index is 1270. The first-order valence-corrected chi connectivity index (χ1v) is 12.5.